The molecule has 0 aliphatic heterocycles. The molecule has 2 heterocycles. The Morgan fingerprint density at radius 1 is 1.11 bits per heavy atom. The Morgan fingerprint density at radius 2 is 1.79 bits per heavy atom. The molecule has 0 aliphatic carbocycles. The predicted molar refractivity (Wildman–Crippen MR) is 102 cm³/mol. The molecule has 10 heteroatoms. The molecule has 2 aromatic heterocycles. The number of carbonyl (C=O) groups is 2. The van der Waals surface area contributed by atoms with E-state index in [1.165, 1.54) is 19.2 Å². The maximum atomic E-state index is 13.4. The van der Waals surface area contributed by atoms with Gasteiger partial charge in [-0.3, -0.25) is 19.7 Å². The standard InChI is InChI=1S/C18H17FN6O2S/c1-11(16(26)22-17(27)20-2)28-18-24-23-15(12-7-9-21-10-8-12)25(18)14-5-3-13(19)4-6-14/h3-11H,1-2H3,(H2,20,22,26,27). The van der Waals surface area contributed by atoms with E-state index < -0.39 is 17.2 Å². The topological polar surface area (TPSA) is 102 Å². The lowest BCUT2D eigenvalue weighted by Crippen LogP contribution is -2.41. The molecule has 0 bridgehead atoms. The van der Waals surface area contributed by atoms with Gasteiger partial charge in [0, 0.05) is 30.7 Å². The van der Waals surface area contributed by atoms with Crippen molar-refractivity contribution < 1.29 is 14.0 Å². The van der Waals surface area contributed by atoms with Crippen LogP contribution in [0.25, 0.3) is 17.1 Å². The summed E-state index contributed by atoms with van der Waals surface area (Å²) in [6, 6.07) is 8.84. The third-order valence-corrected chi connectivity index (χ3v) is 4.81. The molecule has 0 aliphatic rings. The molecule has 0 spiro atoms. The van der Waals surface area contributed by atoms with Gasteiger partial charge in [-0.25, -0.2) is 9.18 Å². The highest BCUT2D eigenvalue weighted by Gasteiger charge is 2.22. The normalized spacial score (nSPS) is 11.7. The number of carbonyl (C=O) groups excluding carboxylic acids is 2. The molecule has 2 N–H and O–H groups in total. The van der Waals surface area contributed by atoms with Gasteiger partial charge in [-0.1, -0.05) is 11.8 Å². The molecule has 8 nitrogen and oxygen atoms in total. The Bertz CT molecular complexity index is 978. The highest BCUT2D eigenvalue weighted by molar-refractivity contribution is 8.00. The molecular weight excluding hydrogens is 383 g/mol. The summed E-state index contributed by atoms with van der Waals surface area (Å²) in [5.41, 5.74) is 1.40. The second-order valence-electron chi connectivity index (χ2n) is 5.68. The van der Waals surface area contributed by atoms with Crippen molar-refractivity contribution in [2.45, 2.75) is 17.3 Å². The van der Waals surface area contributed by atoms with Crippen LogP contribution in [0.4, 0.5) is 9.18 Å². The molecule has 0 radical (unpaired) electrons. The number of halogens is 1. The fourth-order valence-corrected chi connectivity index (χ4v) is 3.21. The Morgan fingerprint density at radius 3 is 2.43 bits per heavy atom. The molecule has 144 valence electrons. The lowest BCUT2D eigenvalue weighted by atomic mass is 10.2. The summed E-state index contributed by atoms with van der Waals surface area (Å²) in [6.07, 6.45) is 3.26. The number of hydrogen-bond donors (Lipinski definition) is 2. The number of aromatic nitrogens is 4. The average molecular weight is 400 g/mol. The molecule has 28 heavy (non-hydrogen) atoms. The fourth-order valence-electron chi connectivity index (χ4n) is 2.34. The number of nitrogens with zero attached hydrogens (tertiary/aromatic N) is 4. The van der Waals surface area contributed by atoms with Gasteiger partial charge < -0.3 is 5.32 Å². The van der Waals surface area contributed by atoms with Crippen molar-refractivity contribution in [3.63, 3.8) is 0 Å². The van der Waals surface area contributed by atoms with E-state index in [4.69, 9.17) is 0 Å². The molecule has 3 aromatic rings. The van der Waals surface area contributed by atoms with E-state index >= 15 is 0 Å². The highest BCUT2D eigenvalue weighted by atomic mass is 32.2. The summed E-state index contributed by atoms with van der Waals surface area (Å²) < 4.78 is 15.1. The number of benzene rings is 1. The van der Waals surface area contributed by atoms with Gasteiger partial charge in [0.15, 0.2) is 11.0 Å². The molecule has 1 aromatic carbocycles. The zero-order chi connectivity index (χ0) is 20.1. The first kappa shape index (κ1) is 19.5. The Hall–Kier alpha value is -3.27. The van der Waals surface area contributed by atoms with E-state index in [-0.39, 0.29) is 5.82 Å². The summed E-state index contributed by atoms with van der Waals surface area (Å²) in [7, 11) is 1.42. The van der Waals surface area contributed by atoms with Crippen LogP contribution in [0.1, 0.15) is 6.92 Å². The summed E-state index contributed by atoms with van der Waals surface area (Å²) in [6.45, 7) is 1.65. The lowest BCUT2D eigenvalue weighted by molar-refractivity contribution is -0.119. The van der Waals surface area contributed by atoms with Crippen molar-refractivity contribution in [2.75, 3.05) is 7.05 Å². The van der Waals surface area contributed by atoms with Gasteiger partial charge in [0.25, 0.3) is 0 Å². The zero-order valence-electron chi connectivity index (χ0n) is 15.1. The number of imide groups is 1. The minimum Gasteiger partial charge on any atom is -0.341 e. The quantitative estimate of drug-likeness (QED) is 0.638. The van der Waals surface area contributed by atoms with Crippen LogP contribution in [0.2, 0.25) is 0 Å². The number of urea groups is 1. The first-order valence-electron chi connectivity index (χ1n) is 8.30. The SMILES string of the molecule is CNC(=O)NC(=O)C(C)Sc1nnc(-c2ccncc2)n1-c1ccc(F)cc1. The zero-order valence-corrected chi connectivity index (χ0v) is 15.9. The van der Waals surface area contributed by atoms with Crippen LogP contribution in [0, 0.1) is 5.82 Å². The largest absolute Gasteiger partial charge is 0.341 e. The van der Waals surface area contributed by atoms with Gasteiger partial charge in [-0.05, 0) is 43.3 Å². The third kappa shape index (κ3) is 4.34. The number of hydrogen-bond acceptors (Lipinski definition) is 6. The van der Waals surface area contributed by atoms with E-state index in [1.54, 1.807) is 48.1 Å². The van der Waals surface area contributed by atoms with Gasteiger partial charge in [0.1, 0.15) is 5.82 Å². The second-order valence-corrected chi connectivity index (χ2v) is 6.99. The van der Waals surface area contributed by atoms with Gasteiger partial charge >= 0.3 is 6.03 Å². The van der Waals surface area contributed by atoms with E-state index in [1.807, 2.05) is 0 Å². The van der Waals surface area contributed by atoms with Crippen LogP contribution in [0.5, 0.6) is 0 Å². The molecule has 0 saturated heterocycles. The fraction of sp³-hybridized carbons (Fsp3) is 0.167. The van der Waals surface area contributed by atoms with E-state index in [0.717, 1.165) is 17.3 Å². The average Bonchev–Trinajstić information content (AvgIpc) is 3.12. The van der Waals surface area contributed by atoms with Crippen molar-refractivity contribution in [3.8, 4) is 17.1 Å². The Kier molecular flexibility index (Phi) is 5.99. The third-order valence-electron chi connectivity index (χ3n) is 3.77. The summed E-state index contributed by atoms with van der Waals surface area (Å²) in [5.74, 6) is -0.311. The van der Waals surface area contributed by atoms with E-state index in [0.29, 0.717) is 16.7 Å². The van der Waals surface area contributed by atoms with Crippen molar-refractivity contribution in [1.29, 1.82) is 0 Å². The molecule has 3 amide bonds. The second kappa shape index (κ2) is 8.61. The molecular formula is C18H17FN6O2S. The lowest BCUT2D eigenvalue weighted by Gasteiger charge is -2.13. The van der Waals surface area contributed by atoms with Crippen molar-refractivity contribution in [3.05, 3.63) is 54.6 Å². The maximum Gasteiger partial charge on any atom is 0.321 e. The molecule has 1 atom stereocenters. The molecule has 3 rings (SSSR count). The van der Waals surface area contributed by atoms with Crippen LogP contribution in [-0.2, 0) is 4.79 Å². The van der Waals surface area contributed by atoms with Crippen molar-refractivity contribution in [1.82, 2.24) is 30.4 Å². The molecule has 0 saturated carbocycles. The van der Waals surface area contributed by atoms with Crippen LogP contribution < -0.4 is 10.6 Å². The van der Waals surface area contributed by atoms with Crippen LogP contribution in [0.3, 0.4) is 0 Å². The van der Waals surface area contributed by atoms with Crippen LogP contribution in [-0.4, -0.2) is 44.0 Å². The summed E-state index contributed by atoms with van der Waals surface area (Å²) >= 11 is 1.13. The smallest absolute Gasteiger partial charge is 0.321 e. The number of amides is 3. The first-order valence-corrected chi connectivity index (χ1v) is 9.18. The highest BCUT2D eigenvalue weighted by Crippen LogP contribution is 2.30. The monoisotopic (exact) mass is 400 g/mol. The van der Waals surface area contributed by atoms with Gasteiger partial charge in [-0.15, -0.1) is 10.2 Å². The molecule has 0 fully saturated rings. The van der Waals surface area contributed by atoms with E-state index in [9.17, 15) is 14.0 Å². The van der Waals surface area contributed by atoms with Crippen LogP contribution >= 0.6 is 11.8 Å². The minimum atomic E-state index is -0.619. The number of rotatable bonds is 5. The van der Waals surface area contributed by atoms with Gasteiger partial charge in [0.2, 0.25) is 5.91 Å². The first-order chi connectivity index (χ1) is 13.5. The number of pyridine rings is 1. The van der Waals surface area contributed by atoms with Crippen molar-refractivity contribution >= 4 is 23.7 Å². The minimum absolute atomic E-state index is 0.366. The summed E-state index contributed by atoms with van der Waals surface area (Å²) in [4.78, 5) is 27.5. The molecule has 1 unspecified atom stereocenters. The number of nitrogens with one attached hydrogen (secondary N) is 2. The predicted octanol–water partition coefficient (Wildman–Crippen LogP) is 2.40. The van der Waals surface area contributed by atoms with E-state index in [2.05, 4.69) is 25.8 Å². The van der Waals surface area contributed by atoms with Crippen LogP contribution in [0.15, 0.2) is 53.9 Å². The number of thioether (sulfide) groups is 1. The Labute approximate surface area is 164 Å². The van der Waals surface area contributed by atoms with Gasteiger partial charge in [0.05, 0.1) is 5.25 Å². The maximum absolute atomic E-state index is 13.4. The van der Waals surface area contributed by atoms with Gasteiger partial charge in [-0.2, -0.15) is 0 Å². The Balaban J connectivity index is 1.97. The summed E-state index contributed by atoms with van der Waals surface area (Å²) in [5, 5.41) is 12.8. The van der Waals surface area contributed by atoms with Crippen molar-refractivity contribution in [2.24, 2.45) is 0 Å².